The van der Waals surface area contributed by atoms with E-state index >= 15 is 0 Å². The van der Waals surface area contributed by atoms with Gasteiger partial charge in [0, 0.05) is 34.4 Å². The summed E-state index contributed by atoms with van der Waals surface area (Å²) in [6, 6.07) is 2.08. The zero-order valence-corrected chi connectivity index (χ0v) is 12.6. The Morgan fingerprint density at radius 1 is 1.33 bits per heavy atom. The first-order valence-electron chi connectivity index (χ1n) is 6.54. The van der Waals surface area contributed by atoms with Crippen LogP contribution in [0.15, 0.2) is 39.3 Å². The van der Waals surface area contributed by atoms with E-state index in [1.165, 1.54) is 6.20 Å². The van der Waals surface area contributed by atoms with Crippen LogP contribution in [-0.4, -0.2) is 15.0 Å². The third-order valence-electron chi connectivity index (χ3n) is 3.47. The van der Waals surface area contributed by atoms with Gasteiger partial charge in [-0.3, -0.25) is 4.79 Å². The average Bonchev–Trinajstić information content (AvgIpc) is 3.17. The van der Waals surface area contributed by atoms with E-state index in [-0.39, 0.29) is 11.5 Å². The van der Waals surface area contributed by atoms with Crippen LogP contribution in [0.5, 0.6) is 0 Å². The Bertz CT molecular complexity index is 861. The van der Waals surface area contributed by atoms with Crippen LogP contribution in [0.4, 0.5) is 0 Å². The predicted octanol–water partition coefficient (Wildman–Crippen LogP) is 3.31. The lowest BCUT2D eigenvalue weighted by Crippen LogP contribution is -2.16. The number of thiazole rings is 1. The van der Waals surface area contributed by atoms with Gasteiger partial charge in [-0.1, -0.05) is 6.08 Å². The molecule has 0 amide bonds. The minimum atomic E-state index is -0.152. The van der Waals surface area contributed by atoms with Crippen LogP contribution >= 0.6 is 22.7 Å². The first-order valence-corrected chi connectivity index (χ1v) is 8.36. The van der Waals surface area contributed by atoms with Crippen molar-refractivity contribution < 1.29 is 0 Å². The second-order valence-corrected chi connectivity index (χ2v) is 6.53. The van der Waals surface area contributed by atoms with Crippen LogP contribution in [0.1, 0.15) is 22.3 Å². The summed E-state index contributed by atoms with van der Waals surface area (Å²) in [5.74, 6) is 0.203. The third kappa shape index (κ3) is 2.36. The molecule has 0 aromatic carbocycles. The smallest absolute Gasteiger partial charge is 0.266 e. The largest absolute Gasteiger partial charge is 0.323 e. The molecule has 0 radical (unpaired) electrons. The van der Waals surface area contributed by atoms with E-state index in [4.69, 9.17) is 4.98 Å². The molecule has 3 aromatic heterocycles. The molecular weight excluding hydrogens is 302 g/mol. The molecule has 1 atom stereocenters. The number of hydrogen-bond donors (Lipinski definition) is 1. The molecule has 3 heterocycles. The van der Waals surface area contributed by atoms with E-state index in [2.05, 4.69) is 38.3 Å². The van der Waals surface area contributed by atoms with Crippen LogP contribution in [0.3, 0.4) is 0 Å². The first kappa shape index (κ1) is 12.7. The highest BCUT2D eigenvalue weighted by molar-refractivity contribution is 7.10. The molecule has 1 unspecified atom stereocenters. The molecule has 1 aliphatic carbocycles. The third-order valence-corrected chi connectivity index (χ3v) is 5.13. The first-order chi connectivity index (χ1) is 10.3. The van der Waals surface area contributed by atoms with E-state index in [9.17, 15) is 4.79 Å². The molecule has 0 saturated heterocycles. The molecule has 1 aliphatic rings. The summed E-state index contributed by atoms with van der Waals surface area (Å²) in [4.78, 5) is 23.1. The summed E-state index contributed by atoms with van der Waals surface area (Å²) in [5.41, 5.74) is 3.77. The number of allylic oxidation sites excluding steroid dienone is 1. The van der Waals surface area contributed by atoms with Crippen molar-refractivity contribution in [2.24, 2.45) is 0 Å². The predicted molar refractivity (Wildman–Crippen MR) is 85.8 cm³/mol. The van der Waals surface area contributed by atoms with E-state index in [0.29, 0.717) is 0 Å². The Hall–Kier alpha value is -2.05. The SMILES string of the molecule is O=c1cnc2c([nH]1)CC(c1nc(-c3ccsc3)cs1)C=C2. The number of thiophene rings is 1. The van der Waals surface area contributed by atoms with Crippen molar-refractivity contribution in [2.45, 2.75) is 12.3 Å². The molecule has 0 aliphatic heterocycles. The van der Waals surface area contributed by atoms with Gasteiger partial charge in [-0.05, 0) is 17.5 Å². The van der Waals surface area contributed by atoms with Gasteiger partial charge in [0.2, 0.25) is 0 Å². The maximum atomic E-state index is 11.4. The fraction of sp³-hybridized carbons (Fsp3) is 0.133. The molecule has 4 nitrogen and oxygen atoms in total. The number of H-pyrrole nitrogens is 1. The normalized spacial score (nSPS) is 16.9. The number of nitrogens with one attached hydrogen (secondary N) is 1. The zero-order valence-electron chi connectivity index (χ0n) is 10.9. The lowest BCUT2D eigenvalue weighted by molar-refractivity contribution is 0.776. The van der Waals surface area contributed by atoms with Gasteiger partial charge in [-0.2, -0.15) is 11.3 Å². The summed E-state index contributed by atoms with van der Waals surface area (Å²) in [5, 5.41) is 7.32. The average molecular weight is 313 g/mol. The van der Waals surface area contributed by atoms with Crippen LogP contribution in [0.25, 0.3) is 17.3 Å². The maximum Gasteiger partial charge on any atom is 0.266 e. The fourth-order valence-corrected chi connectivity index (χ4v) is 3.97. The number of rotatable bonds is 2. The van der Waals surface area contributed by atoms with Crippen LogP contribution in [0.2, 0.25) is 0 Å². The van der Waals surface area contributed by atoms with E-state index in [1.807, 2.05) is 6.08 Å². The summed E-state index contributed by atoms with van der Waals surface area (Å²) in [6.45, 7) is 0. The monoisotopic (exact) mass is 313 g/mol. The van der Waals surface area contributed by atoms with Crippen molar-refractivity contribution in [3.05, 3.63) is 61.2 Å². The molecule has 1 N–H and O–H groups in total. The van der Waals surface area contributed by atoms with Gasteiger partial charge in [0.15, 0.2) is 0 Å². The molecule has 3 aromatic rings. The van der Waals surface area contributed by atoms with Gasteiger partial charge >= 0.3 is 0 Å². The van der Waals surface area contributed by atoms with Crippen molar-refractivity contribution in [3.63, 3.8) is 0 Å². The van der Waals surface area contributed by atoms with Crippen LogP contribution in [-0.2, 0) is 6.42 Å². The van der Waals surface area contributed by atoms with Crippen molar-refractivity contribution in [2.75, 3.05) is 0 Å². The molecule has 6 heteroatoms. The standard InChI is InChI=1S/C15H11N3OS2/c19-14-6-16-11-2-1-9(5-12(11)17-14)15-18-13(8-21-15)10-3-4-20-7-10/h1-4,6-9H,5H2,(H,17,19). The van der Waals surface area contributed by atoms with Gasteiger partial charge < -0.3 is 4.98 Å². The summed E-state index contributed by atoms with van der Waals surface area (Å²) in [6.07, 6.45) is 6.14. The molecule has 104 valence electrons. The number of aromatic amines is 1. The number of fused-ring (bicyclic) bond motifs is 1. The van der Waals surface area contributed by atoms with E-state index in [1.54, 1.807) is 22.7 Å². The Balaban J connectivity index is 1.65. The Kier molecular flexibility index (Phi) is 3.05. The van der Waals surface area contributed by atoms with E-state index < -0.39 is 0 Å². The molecule has 0 saturated carbocycles. The second kappa shape index (κ2) is 5.05. The summed E-state index contributed by atoms with van der Waals surface area (Å²) in [7, 11) is 0. The minimum Gasteiger partial charge on any atom is -0.323 e. The summed E-state index contributed by atoms with van der Waals surface area (Å²) >= 11 is 3.34. The molecular formula is C15H11N3OS2. The van der Waals surface area contributed by atoms with Crippen molar-refractivity contribution >= 4 is 28.7 Å². The summed E-state index contributed by atoms with van der Waals surface area (Å²) < 4.78 is 0. The van der Waals surface area contributed by atoms with Gasteiger partial charge in [-0.25, -0.2) is 9.97 Å². The number of aromatic nitrogens is 3. The van der Waals surface area contributed by atoms with Gasteiger partial charge in [0.05, 0.1) is 17.6 Å². The molecule has 4 rings (SSSR count). The topological polar surface area (TPSA) is 58.6 Å². The van der Waals surface area contributed by atoms with E-state index in [0.717, 1.165) is 34.1 Å². The number of nitrogens with zero attached hydrogens (tertiary/aromatic N) is 2. The molecule has 0 spiro atoms. The Morgan fingerprint density at radius 2 is 2.29 bits per heavy atom. The molecule has 21 heavy (non-hydrogen) atoms. The van der Waals surface area contributed by atoms with Gasteiger partial charge in [-0.15, -0.1) is 11.3 Å². The maximum absolute atomic E-state index is 11.4. The Morgan fingerprint density at radius 3 is 3.14 bits per heavy atom. The second-order valence-electron chi connectivity index (χ2n) is 4.86. The highest BCUT2D eigenvalue weighted by Crippen LogP contribution is 2.32. The van der Waals surface area contributed by atoms with Crippen molar-refractivity contribution in [1.29, 1.82) is 0 Å². The lowest BCUT2D eigenvalue weighted by atomic mass is 9.96. The Labute approximate surface area is 128 Å². The highest BCUT2D eigenvalue weighted by Gasteiger charge is 2.20. The van der Waals surface area contributed by atoms with Gasteiger partial charge in [0.25, 0.3) is 5.56 Å². The van der Waals surface area contributed by atoms with Crippen molar-refractivity contribution in [1.82, 2.24) is 15.0 Å². The van der Waals surface area contributed by atoms with Crippen molar-refractivity contribution in [3.8, 4) is 11.3 Å². The lowest BCUT2D eigenvalue weighted by Gasteiger charge is -2.15. The number of hydrogen-bond acceptors (Lipinski definition) is 5. The quantitative estimate of drug-likeness (QED) is 0.789. The van der Waals surface area contributed by atoms with Gasteiger partial charge in [0.1, 0.15) is 5.01 Å². The molecule has 0 bridgehead atoms. The van der Waals surface area contributed by atoms with Crippen LogP contribution in [0, 0.1) is 0 Å². The molecule has 0 fully saturated rings. The fourth-order valence-electron chi connectivity index (χ4n) is 2.42. The van der Waals surface area contributed by atoms with Crippen LogP contribution < -0.4 is 5.56 Å². The zero-order chi connectivity index (χ0) is 14.2. The highest BCUT2D eigenvalue weighted by atomic mass is 32.1. The minimum absolute atomic E-state index is 0.152.